The number of sulfonamides is 1. The number of fused-ring (bicyclic) bond motifs is 1. The molecule has 0 saturated carbocycles. The lowest BCUT2D eigenvalue weighted by molar-refractivity contribution is -0.117. The van der Waals surface area contributed by atoms with Crippen LogP contribution in [0.3, 0.4) is 0 Å². The minimum absolute atomic E-state index is 0.00751. The second-order valence-electron chi connectivity index (χ2n) is 7.73. The van der Waals surface area contributed by atoms with Crippen LogP contribution in [-0.4, -0.2) is 51.5 Å². The third kappa shape index (κ3) is 4.12. The molecule has 1 amide bonds. The molecule has 168 valence electrons. The van der Waals surface area contributed by atoms with E-state index in [-0.39, 0.29) is 23.0 Å². The third-order valence-electron chi connectivity index (χ3n) is 5.78. The summed E-state index contributed by atoms with van der Waals surface area (Å²) >= 11 is 0. The molecule has 0 N–H and O–H groups in total. The van der Waals surface area contributed by atoms with Crippen LogP contribution in [-0.2, 0) is 26.0 Å². The molecule has 2 aliphatic heterocycles. The molecule has 0 unspecified atom stereocenters. The van der Waals surface area contributed by atoms with E-state index >= 15 is 0 Å². The van der Waals surface area contributed by atoms with Crippen LogP contribution in [0.25, 0.3) is 0 Å². The van der Waals surface area contributed by atoms with E-state index < -0.39 is 22.6 Å². The summed E-state index contributed by atoms with van der Waals surface area (Å²) in [7, 11) is -3.36. The Morgan fingerprint density at radius 1 is 1.03 bits per heavy atom. The fourth-order valence-electron chi connectivity index (χ4n) is 4.07. The molecule has 8 nitrogen and oxygen atoms in total. The predicted molar refractivity (Wildman–Crippen MR) is 120 cm³/mol. The Bertz CT molecular complexity index is 1190. The van der Waals surface area contributed by atoms with Crippen LogP contribution >= 0.6 is 0 Å². The van der Waals surface area contributed by atoms with Crippen molar-refractivity contribution in [2.24, 2.45) is 0 Å². The Morgan fingerprint density at radius 3 is 2.53 bits per heavy atom. The summed E-state index contributed by atoms with van der Waals surface area (Å²) in [4.78, 5) is 38.9. The number of amides is 1. The topological polar surface area (TPSA) is 101 Å². The van der Waals surface area contributed by atoms with Gasteiger partial charge in [-0.1, -0.05) is 12.1 Å². The second-order valence-corrected chi connectivity index (χ2v) is 9.91. The predicted octanol–water partition coefficient (Wildman–Crippen LogP) is 2.57. The fraction of sp³-hybridized carbons (Fsp3) is 0.348. The summed E-state index contributed by atoms with van der Waals surface area (Å²) in [6, 6.07) is 11.5. The van der Waals surface area contributed by atoms with Gasteiger partial charge in [-0.3, -0.25) is 13.9 Å². The maximum Gasteiger partial charge on any atom is 0.340 e. The largest absolute Gasteiger partial charge is 0.454 e. The summed E-state index contributed by atoms with van der Waals surface area (Å²) in [5.74, 6) is -1.09. The molecule has 32 heavy (non-hydrogen) atoms. The number of esters is 1. The molecule has 2 aromatic rings. The standard InChI is InChI=1S/C23H24N2O6S/c1-2-32(29,30)25-13-11-16-14-17(9-10-19(16)25)21(26)15-31-23(28)18-6-3-4-7-20(18)24-12-5-8-22(24)27/h3-4,6-7,9-10,14H,2,5,8,11-13,15H2,1H3. The monoisotopic (exact) mass is 456 g/mol. The van der Waals surface area contributed by atoms with Gasteiger partial charge in [-0.2, -0.15) is 0 Å². The second kappa shape index (κ2) is 8.74. The normalized spacial score (nSPS) is 15.7. The number of anilines is 2. The third-order valence-corrected chi connectivity index (χ3v) is 7.56. The highest BCUT2D eigenvalue weighted by atomic mass is 32.2. The first-order chi connectivity index (χ1) is 15.3. The van der Waals surface area contributed by atoms with Gasteiger partial charge >= 0.3 is 5.97 Å². The molecule has 2 aliphatic rings. The van der Waals surface area contributed by atoms with Gasteiger partial charge in [0.15, 0.2) is 12.4 Å². The molecular weight excluding hydrogens is 432 g/mol. The van der Waals surface area contributed by atoms with Gasteiger partial charge in [-0.25, -0.2) is 13.2 Å². The fourth-order valence-corrected chi connectivity index (χ4v) is 5.23. The van der Waals surface area contributed by atoms with Crippen molar-refractivity contribution in [1.29, 1.82) is 0 Å². The van der Waals surface area contributed by atoms with E-state index in [1.165, 1.54) is 4.31 Å². The Hall–Kier alpha value is -3.20. The van der Waals surface area contributed by atoms with Gasteiger partial charge in [-0.15, -0.1) is 0 Å². The average molecular weight is 457 g/mol. The molecule has 0 atom stereocenters. The molecule has 0 spiro atoms. The lowest BCUT2D eigenvalue weighted by atomic mass is 10.1. The highest BCUT2D eigenvalue weighted by Crippen LogP contribution is 2.31. The number of ether oxygens (including phenoxy) is 1. The Kier molecular flexibility index (Phi) is 6.01. The summed E-state index contributed by atoms with van der Waals surface area (Å²) < 4.78 is 31.1. The zero-order valence-electron chi connectivity index (χ0n) is 17.7. The van der Waals surface area contributed by atoms with E-state index in [1.807, 2.05) is 0 Å². The number of carbonyl (C=O) groups is 3. The summed E-state index contributed by atoms with van der Waals surface area (Å²) in [5, 5.41) is 0. The van der Waals surface area contributed by atoms with Crippen LogP contribution in [0.4, 0.5) is 11.4 Å². The molecule has 2 heterocycles. The van der Waals surface area contributed by atoms with E-state index in [0.29, 0.717) is 42.9 Å². The number of Topliss-reactive ketones (excluding diaryl/α,β-unsaturated/α-hetero) is 1. The van der Waals surface area contributed by atoms with Crippen LogP contribution in [0, 0.1) is 0 Å². The number of nitrogens with zero attached hydrogens (tertiary/aromatic N) is 2. The minimum Gasteiger partial charge on any atom is -0.454 e. The first-order valence-corrected chi connectivity index (χ1v) is 12.2. The van der Waals surface area contributed by atoms with Gasteiger partial charge in [0.25, 0.3) is 0 Å². The van der Waals surface area contributed by atoms with Crippen LogP contribution in [0.15, 0.2) is 42.5 Å². The summed E-state index contributed by atoms with van der Waals surface area (Å²) in [5.41, 5.74) is 2.45. The number of carbonyl (C=O) groups excluding carboxylic acids is 3. The van der Waals surface area contributed by atoms with E-state index in [0.717, 1.165) is 12.0 Å². The average Bonchev–Trinajstić information content (AvgIpc) is 3.43. The van der Waals surface area contributed by atoms with Crippen molar-refractivity contribution in [3.63, 3.8) is 0 Å². The van der Waals surface area contributed by atoms with Crippen LogP contribution < -0.4 is 9.21 Å². The SMILES string of the molecule is CCS(=O)(=O)N1CCc2cc(C(=O)COC(=O)c3ccccc3N3CCCC3=O)ccc21. The lowest BCUT2D eigenvalue weighted by Crippen LogP contribution is -2.30. The maximum absolute atomic E-state index is 12.7. The smallest absolute Gasteiger partial charge is 0.340 e. The number of hydrogen-bond donors (Lipinski definition) is 0. The van der Waals surface area contributed by atoms with E-state index in [9.17, 15) is 22.8 Å². The van der Waals surface area contributed by atoms with Crippen LogP contribution in [0.5, 0.6) is 0 Å². The van der Waals surface area contributed by atoms with Gasteiger partial charge in [0.05, 0.1) is 22.7 Å². The van der Waals surface area contributed by atoms with E-state index in [1.54, 1.807) is 54.3 Å². The zero-order chi connectivity index (χ0) is 22.9. The highest BCUT2D eigenvalue weighted by molar-refractivity contribution is 7.92. The van der Waals surface area contributed by atoms with Crippen molar-refractivity contribution >= 4 is 39.1 Å². The lowest BCUT2D eigenvalue weighted by Gasteiger charge is -2.19. The van der Waals surface area contributed by atoms with E-state index in [2.05, 4.69) is 0 Å². The Morgan fingerprint density at radius 2 is 1.81 bits per heavy atom. The van der Waals surface area contributed by atoms with Crippen molar-refractivity contribution in [2.45, 2.75) is 26.2 Å². The highest BCUT2D eigenvalue weighted by Gasteiger charge is 2.29. The molecule has 1 fully saturated rings. The number of para-hydroxylation sites is 1. The Labute approximate surface area is 186 Å². The molecule has 0 bridgehead atoms. The van der Waals surface area contributed by atoms with Crippen molar-refractivity contribution in [3.05, 3.63) is 59.2 Å². The van der Waals surface area contributed by atoms with Crippen LogP contribution in [0.1, 0.15) is 46.0 Å². The maximum atomic E-state index is 12.7. The molecule has 9 heteroatoms. The van der Waals surface area contributed by atoms with Gasteiger partial charge in [0.2, 0.25) is 15.9 Å². The molecule has 0 aromatic heterocycles. The number of ketones is 1. The molecule has 2 aromatic carbocycles. The van der Waals surface area contributed by atoms with Gasteiger partial charge in [-0.05, 0) is 55.7 Å². The minimum atomic E-state index is -3.36. The number of benzene rings is 2. The molecule has 4 rings (SSSR count). The van der Waals surface area contributed by atoms with Crippen molar-refractivity contribution < 1.29 is 27.5 Å². The van der Waals surface area contributed by atoms with Crippen molar-refractivity contribution in [1.82, 2.24) is 0 Å². The van der Waals surface area contributed by atoms with E-state index in [4.69, 9.17) is 4.74 Å². The number of rotatable bonds is 7. The van der Waals surface area contributed by atoms with Gasteiger partial charge < -0.3 is 9.64 Å². The van der Waals surface area contributed by atoms with Crippen LogP contribution in [0.2, 0.25) is 0 Å². The first-order valence-electron chi connectivity index (χ1n) is 10.5. The van der Waals surface area contributed by atoms with Crippen molar-refractivity contribution in [2.75, 3.05) is 34.7 Å². The molecule has 1 saturated heterocycles. The van der Waals surface area contributed by atoms with Gasteiger partial charge in [0, 0.05) is 25.1 Å². The first kappa shape index (κ1) is 22.0. The zero-order valence-corrected chi connectivity index (χ0v) is 18.6. The summed E-state index contributed by atoms with van der Waals surface area (Å²) in [6.45, 7) is 2.04. The molecular formula is C23H24N2O6S. The Balaban J connectivity index is 1.45. The number of hydrogen-bond acceptors (Lipinski definition) is 6. The summed E-state index contributed by atoms with van der Waals surface area (Å²) in [6.07, 6.45) is 1.69. The van der Waals surface area contributed by atoms with Crippen molar-refractivity contribution in [3.8, 4) is 0 Å². The molecule has 0 aliphatic carbocycles. The molecule has 0 radical (unpaired) electrons. The van der Waals surface area contributed by atoms with Gasteiger partial charge in [0.1, 0.15) is 0 Å². The quantitative estimate of drug-likeness (QED) is 0.469.